The maximum absolute atomic E-state index is 14.8. The van der Waals surface area contributed by atoms with Crippen LogP contribution in [0.3, 0.4) is 0 Å². The topological polar surface area (TPSA) is 84.9 Å². The third-order valence-corrected chi connectivity index (χ3v) is 6.87. The van der Waals surface area contributed by atoms with Crippen molar-refractivity contribution in [3.63, 3.8) is 0 Å². The molecule has 202 valence electrons. The average Bonchev–Trinajstić information content (AvgIpc) is 2.90. The second-order valence-electron chi connectivity index (χ2n) is 8.91. The molecule has 0 fully saturated rings. The van der Waals surface area contributed by atoms with Crippen molar-refractivity contribution in [2.45, 2.75) is 18.0 Å². The van der Waals surface area contributed by atoms with E-state index < -0.39 is 38.9 Å². The molecule has 0 atom stereocenters. The van der Waals surface area contributed by atoms with Crippen LogP contribution in [0.2, 0.25) is 0 Å². The molecule has 1 N–H and O–H groups in total. The lowest BCUT2D eigenvalue weighted by atomic mass is 10.2. The Labute approximate surface area is 225 Å². The Bertz CT molecular complexity index is 1560. The molecule has 39 heavy (non-hydrogen) atoms. The van der Waals surface area contributed by atoms with Gasteiger partial charge in [-0.1, -0.05) is 42.5 Å². The molecule has 7 nitrogen and oxygen atoms in total. The zero-order valence-corrected chi connectivity index (χ0v) is 22.0. The van der Waals surface area contributed by atoms with Gasteiger partial charge in [0.2, 0.25) is 5.82 Å². The van der Waals surface area contributed by atoms with E-state index in [9.17, 15) is 22.0 Å². The second kappa shape index (κ2) is 12.1. The number of amides is 1. The van der Waals surface area contributed by atoms with E-state index in [-0.39, 0.29) is 11.5 Å². The summed E-state index contributed by atoms with van der Waals surface area (Å²) in [5.74, 6) is -3.50. The molecule has 0 bridgehead atoms. The number of benzene rings is 4. The molecule has 0 aliphatic heterocycles. The molecule has 0 spiro atoms. The van der Waals surface area contributed by atoms with Gasteiger partial charge in [0, 0.05) is 6.54 Å². The molecule has 0 unspecified atom stereocenters. The lowest BCUT2D eigenvalue weighted by Gasteiger charge is -2.12. The summed E-state index contributed by atoms with van der Waals surface area (Å²) in [6.45, 7) is 0.491. The highest BCUT2D eigenvalue weighted by Crippen LogP contribution is 2.26. The number of hydrogen-bond acceptors (Lipinski definition) is 6. The molecular formula is C29H26F2N2O5S. The quantitative estimate of drug-likeness (QED) is 0.279. The maximum Gasteiger partial charge on any atom is 0.268 e. The van der Waals surface area contributed by atoms with Crippen molar-refractivity contribution in [1.82, 2.24) is 9.62 Å². The number of carbonyl (C=O) groups excluding carboxylic acids is 1. The first-order valence-corrected chi connectivity index (χ1v) is 13.3. The highest BCUT2D eigenvalue weighted by Gasteiger charge is 2.24. The lowest BCUT2D eigenvalue weighted by molar-refractivity contribution is 0.0976. The Kier molecular flexibility index (Phi) is 8.58. The average molecular weight is 553 g/mol. The summed E-state index contributed by atoms with van der Waals surface area (Å²) in [5, 5.41) is 0. The zero-order chi connectivity index (χ0) is 28.0. The van der Waals surface area contributed by atoms with Gasteiger partial charge in [-0.2, -0.15) is 4.39 Å². The van der Waals surface area contributed by atoms with Crippen LogP contribution in [0, 0.1) is 11.6 Å². The third-order valence-electron chi connectivity index (χ3n) is 5.52. The fraction of sp³-hybridized carbons (Fsp3) is 0.138. The van der Waals surface area contributed by atoms with Gasteiger partial charge in [0.25, 0.3) is 15.9 Å². The number of hydrogen-bond donors (Lipinski definition) is 1. The maximum atomic E-state index is 14.8. The van der Waals surface area contributed by atoms with Crippen LogP contribution >= 0.6 is 0 Å². The van der Waals surface area contributed by atoms with Gasteiger partial charge in [-0.25, -0.2) is 17.5 Å². The van der Waals surface area contributed by atoms with Gasteiger partial charge in [0.05, 0.1) is 10.5 Å². The van der Waals surface area contributed by atoms with Crippen molar-refractivity contribution < 1.29 is 31.5 Å². The molecule has 0 aromatic heterocycles. The Hall–Kier alpha value is -4.28. The second-order valence-corrected chi connectivity index (χ2v) is 10.6. The van der Waals surface area contributed by atoms with Gasteiger partial charge in [0.1, 0.15) is 18.1 Å². The van der Waals surface area contributed by atoms with Crippen LogP contribution in [0.1, 0.15) is 21.5 Å². The van der Waals surface area contributed by atoms with Crippen molar-refractivity contribution in [2.75, 3.05) is 14.1 Å². The van der Waals surface area contributed by atoms with Gasteiger partial charge >= 0.3 is 0 Å². The zero-order valence-electron chi connectivity index (χ0n) is 21.2. The summed E-state index contributed by atoms with van der Waals surface area (Å²) < 4.78 is 67.7. The van der Waals surface area contributed by atoms with Crippen LogP contribution in [0.5, 0.6) is 17.2 Å². The summed E-state index contributed by atoms with van der Waals surface area (Å²) in [5.41, 5.74) is 0.725. The Balaban J connectivity index is 1.42. The van der Waals surface area contributed by atoms with Gasteiger partial charge < -0.3 is 14.4 Å². The van der Waals surface area contributed by atoms with E-state index in [1.165, 1.54) is 12.1 Å². The largest absolute Gasteiger partial charge is 0.486 e. The van der Waals surface area contributed by atoms with Crippen LogP contribution in [-0.2, 0) is 23.2 Å². The number of para-hydroxylation sites is 1. The van der Waals surface area contributed by atoms with E-state index in [0.29, 0.717) is 23.6 Å². The molecule has 0 saturated carbocycles. The van der Waals surface area contributed by atoms with E-state index in [4.69, 9.17) is 9.47 Å². The number of nitrogens with zero attached hydrogens (tertiary/aromatic N) is 1. The minimum Gasteiger partial charge on any atom is -0.486 e. The standard InChI is InChI=1S/C29H26F2N2O5S/c1-33(2)18-20-11-13-24(14-12-20)39(35,36)32-29(34)25-15-16-26(28(31)27(25)30)37-19-21-7-6-10-23(17-21)38-22-8-4-3-5-9-22/h3-17H,18-19H2,1-2H3,(H,32,34). The highest BCUT2D eigenvalue weighted by molar-refractivity contribution is 7.90. The molecule has 0 radical (unpaired) electrons. The summed E-state index contributed by atoms with van der Waals surface area (Å²) in [6, 6.07) is 24.0. The minimum atomic E-state index is -4.31. The summed E-state index contributed by atoms with van der Waals surface area (Å²) in [7, 11) is -0.572. The van der Waals surface area contributed by atoms with Crippen LogP contribution in [0.25, 0.3) is 0 Å². The molecule has 0 heterocycles. The van der Waals surface area contributed by atoms with Crippen LogP contribution in [0.4, 0.5) is 8.78 Å². The van der Waals surface area contributed by atoms with Gasteiger partial charge in [-0.15, -0.1) is 0 Å². The van der Waals surface area contributed by atoms with Crippen LogP contribution in [0.15, 0.2) is 95.9 Å². The summed E-state index contributed by atoms with van der Waals surface area (Å²) in [6.07, 6.45) is 0. The van der Waals surface area contributed by atoms with Crippen molar-refractivity contribution in [1.29, 1.82) is 0 Å². The molecule has 0 aliphatic rings. The monoisotopic (exact) mass is 552 g/mol. The number of sulfonamides is 1. The number of ether oxygens (including phenoxy) is 2. The Morgan fingerprint density at radius 2 is 1.51 bits per heavy atom. The molecule has 0 saturated heterocycles. The number of halogens is 2. The van der Waals surface area contributed by atoms with E-state index in [1.54, 1.807) is 53.3 Å². The summed E-state index contributed by atoms with van der Waals surface area (Å²) in [4.78, 5) is 14.3. The van der Waals surface area contributed by atoms with Crippen molar-refractivity contribution in [2.24, 2.45) is 0 Å². The normalized spacial score (nSPS) is 11.3. The first kappa shape index (κ1) is 27.7. The summed E-state index contributed by atoms with van der Waals surface area (Å²) >= 11 is 0. The predicted octanol–water partition coefficient (Wildman–Crippen LogP) is 5.52. The molecule has 10 heteroatoms. The minimum absolute atomic E-state index is 0.105. The molecule has 4 aromatic rings. The smallest absolute Gasteiger partial charge is 0.268 e. The van der Waals surface area contributed by atoms with Crippen molar-refractivity contribution in [3.8, 4) is 17.2 Å². The van der Waals surface area contributed by atoms with E-state index in [2.05, 4.69) is 0 Å². The first-order valence-electron chi connectivity index (χ1n) is 11.9. The van der Waals surface area contributed by atoms with Crippen molar-refractivity contribution in [3.05, 3.63) is 119 Å². The number of carbonyl (C=O) groups is 1. The SMILES string of the molecule is CN(C)Cc1ccc(S(=O)(=O)NC(=O)c2ccc(OCc3cccc(Oc4ccccc4)c3)c(F)c2F)cc1. The number of nitrogens with one attached hydrogen (secondary N) is 1. The van der Waals surface area contributed by atoms with E-state index in [0.717, 1.165) is 17.7 Å². The first-order chi connectivity index (χ1) is 18.6. The Morgan fingerprint density at radius 1 is 0.821 bits per heavy atom. The number of rotatable bonds is 10. The molecule has 4 rings (SSSR count). The van der Waals surface area contributed by atoms with Crippen LogP contribution < -0.4 is 14.2 Å². The fourth-order valence-electron chi connectivity index (χ4n) is 3.68. The lowest BCUT2D eigenvalue weighted by Crippen LogP contribution is -2.31. The van der Waals surface area contributed by atoms with E-state index >= 15 is 0 Å². The molecule has 0 aliphatic carbocycles. The van der Waals surface area contributed by atoms with E-state index in [1.807, 2.05) is 37.2 Å². The van der Waals surface area contributed by atoms with Gasteiger partial charge in [-0.05, 0) is 73.8 Å². The van der Waals surface area contributed by atoms with Gasteiger partial charge in [-0.3, -0.25) is 4.79 Å². The molecule has 4 aromatic carbocycles. The molecule has 1 amide bonds. The predicted molar refractivity (Wildman–Crippen MR) is 142 cm³/mol. The third kappa shape index (κ3) is 7.18. The fourth-order valence-corrected chi connectivity index (χ4v) is 4.64. The van der Waals surface area contributed by atoms with Gasteiger partial charge in [0.15, 0.2) is 11.6 Å². The van der Waals surface area contributed by atoms with Crippen LogP contribution in [-0.4, -0.2) is 33.3 Å². The van der Waals surface area contributed by atoms with Crippen molar-refractivity contribution >= 4 is 15.9 Å². The molecular weight excluding hydrogens is 526 g/mol. The highest BCUT2D eigenvalue weighted by atomic mass is 32.2. The Morgan fingerprint density at radius 3 is 2.21 bits per heavy atom.